The molecule has 2 aliphatic heterocycles. The molecule has 33 heavy (non-hydrogen) atoms. The number of fused-ring (bicyclic) bond motifs is 1. The van der Waals surface area contributed by atoms with Crippen LogP contribution in [0.4, 0.5) is 11.4 Å². The van der Waals surface area contributed by atoms with E-state index in [0.29, 0.717) is 14.5 Å². The SMILES string of the molecule is S=C(Nc1ccccc1)SC1=NN2C(=S)N(c3ccccc3)C(c3ccc(Cl)cc3)N=C2S1. The van der Waals surface area contributed by atoms with E-state index in [4.69, 9.17) is 46.1 Å². The second kappa shape index (κ2) is 9.82. The fourth-order valence-electron chi connectivity index (χ4n) is 3.32. The number of hydrogen-bond donors (Lipinski definition) is 1. The molecule has 0 aromatic heterocycles. The second-order valence-corrected chi connectivity index (χ2v) is 10.7. The molecule has 2 aliphatic rings. The largest absolute Gasteiger partial charge is 0.341 e. The maximum absolute atomic E-state index is 6.12. The maximum Gasteiger partial charge on any atom is 0.205 e. The lowest BCUT2D eigenvalue weighted by Gasteiger charge is -2.37. The highest BCUT2D eigenvalue weighted by Gasteiger charge is 2.39. The molecule has 0 radical (unpaired) electrons. The summed E-state index contributed by atoms with van der Waals surface area (Å²) in [6, 6.07) is 27.4. The molecule has 1 atom stereocenters. The van der Waals surface area contributed by atoms with Gasteiger partial charge in [0.15, 0.2) is 15.7 Å². The summed E-state index contributed by atoms with van der Waals surface area (Å²) >= 11 is 20.4. The minimum absolute atomic E-state index is 0.329. The molecule has 0 fully saturated rings. The van der Waals surface area contributed by atoms with Crippen LogP contribution in [-0.4, -0.2) is 24.0 Å². The monoisotopic (exact) mass is 525 g/mol. The average Bonchev–Trinajstić information content (AvgIpc) is 3.23. The third-order valence-corrected chi connectivity index (χ3v) is 7.54. The number of para-hydroxylation sites is 2. The molecule has 10 heteroatoms. The van der Waals surface area contributed by atoms with Crippen molar-refractivity contribution in [2.45, 2.75) is 6.17 Å². The first-order chi connectivity index (χ1) is 16.1. The van der Waals surface area contributed by atoms with Crippen LogP contribution in [0, 0.1) is 0 Å². The molecule has 3 aromatic rings. The van der Waals surface area contributed by atoms with E-state index in [1.54, 1.807) is 5.01 Å². The highest BCUT2D eigenvalue weighted by atomic mass is 35.5. The van der Waals surface area contributed by atoms with Crippen LogP contribution in [0.3, 0.4) is 0 Å². The number of halogens is 1. The number of aliphatic imine (C=N–C) groups is 1. The Hall–Kier alpha value is -2.43. The first-order valence-corrected chi connectivity index (χ1v) is 12.7. The van der Waals surface area contributed by atoms with Crippen molar-refractivity contribution in [2.24, 2.45) is 10.1 Å². The zero-order chi connectivity index (χ0) is 22.8. The Morgan fingerprint density at radius 3 is 2.33 bits per heavy atom. The molecule has 0 bridgehead atoms. The lowest BCUT2D eigenvalue weighted by atomic mass is 10.1. The van der Waals surface area contributed by atoms with Gasteiger partial charge in [-0.15, -0.1) is 5.10 Å². The lowest BCUT2D eigenvalue weighted by molar-refractivity contribution is 0.599. The fourth-order valence-corrected chi connectivity index (χ4v) is 6.09. The molecule has 164 valence electrons. The number of thiocarbonyl (C=S) groups is 2. The summed E-state index contributed by atoms with van der Waals surface area (Å²) < 4.78 is 1.36. The number of nitrogens with one attached hydrogen (secondary N) is 1. The number of nitrogens with zero attached hydrogens (tertiary/aromatic N) is 4. The van der Waals surface area contributed by atoms with Crippen LogP contribution in [0.15, 0.2) is 95.0 Å². The molecule has 5 nitrogen and oxygen atoms in total. The van der Waals surface area contributed by atoms with Gasteiger partial charge in [0.2, 0.25) is 5.11 Å². The molecule has 2 heterocycles. The van der Waals surface area contributed by atoms with E-state index in [1.165, 1.54) is 23.5 Å². The molecule has 1 unspecified atom stereocenters. The predicted molar refractivity (Wildman–Crippen MR) is 150 cm³/mol. The van der Waals surface area contributed by atoms with Crippen molar-refractivity contribution in [3.8, 4) is 0 Å². The van der Waals surface area contributed by atoms with E-state index in [9.17, 15) is 0 Å². The van der Waals surface area contributed by atoms with Crippen molar-refractivity contribution >= 4 is 89.9 Å². The van der Waals surface area contributed by atoms with Gasteiger partial charge in [0, 0.05) is 16.4 Å². The van der Waals surface area contributed by atoms with Crippen molar-refractivity contribution < 1.29 is 0 Å². The molecular formula is C23H16ClN5S4. The summed E-state index contributed by atoms with van der Waals surface area (Å²) in [4.78, 5) is 7.00. The van der Waals surface area contributed by atoms with E-state index in [2.05, 4.69) is 5.32 Å². The number of hydrogen-bond acceptors (Lipinski definition) is 6. The van der Waals surface area contributed by atoms with Crippen molar-refractivity contribution in [2.75, 3.05) is 10.2 Å². The molecule has 0 amide bonds. The van der Waals surface area contributed by atoms with Gasteiger partial charge in [-0.3, -0.25) is 4.90 Å². The van der Waals surface area contributed by atoms with Gasteiger partial charge < -0.3 is 5.32 Å². The van der Waals surface area contributed by atoms with Crippen LogP contribution in [0.2, 0.25) is 5.02 Å². The maximum atomic E-state index is 6.12. The van der Waals surface area contributed by atoms with Crippen LogP contribution in [0.1, 0.15) is 11.7 Å². The summed E-state index contributed by atoms with van der Waals surface area (Å²) in [7, 11) is 0. The predicted octanol–water partition coefficient (Wildman–Crippen LogP) is 6.95. The lowest BCUT2D eigenvalue weighted by Crippen LogP contribution is -2.47. The molecule has 5 rings (SSSR count). The molecule has 0 spiro atoms. The van der Waals surface area contributed by atoms with Crippen molar-refractivity contribution in [1.82, 2.24) is 5.01 Å². The Morgan fingerprint density at radius 2 is 1.64 bits per heavy atom. The zero-order valence-electron chi connectivity index (χ0n) is 17.0. The summed E-state index contributed by atoms with van der Waals surface area (Å²) in [6.45, 7) is 0. The number of amidine groups is 1. The van der Waals surface area contributed by atoms with Crippen molar-refractivity contribution in [3.05, 3.63) is 95.5 Å². The van der Waals surface area contributed by atoms with Crippen LogP contribution in [0.5, 0.6) is 0 Å². The summed E-state index contributed by atoms with van der Waals surface area (Å²) in [5.41, 5.74) is 2.86. The highest BCUT2D eigenvalue weighted by molar-refractivity contribution is 8.52. The van der Waals surface area contributed by atoms with Crippen molar-refractivity contribution in [3.63, 3.8) is 0 Å². The molecule has 3 aromatic carbocycles. The van der Waals surface area contributed by atoms with Gasteiger partial charge in [-0.25, -0.2) is 4.99 Å². The van der Waals surface area contributed by atoms with Crippen LogP contribution in [-0.2, 0) is 0 Å². The molecule has 0 saturated carbocycles. The Labute approximate surface area is 215 Å². The van der Waals surface area contributed by atoms with E-state index in [1.807, 2.05) is 89.8 Å². The number of rotatable bonds is 3. The standard InChI is InChI=1S/C23H16ClN5S4/c24-16-13-11-15(12-14-16)19-26-20-29(23(31)28(19)18-9-5-2-6-10-18)27-22(32-20)33-21(30)25-17-7-3-1-4-8-17/h1-14,19H,(H,25,30). The summed E-state index contributed by atoms with van der Waals surface area (Å²) in [6.07, 6.45) is -0.329. The number of thioether (sulfide) groups is 2. The van der Waals surface area contributed by atoms with Gasteiger partial charge in [0.05, 0.1) is 0 Å². The minimum atomic E-state index is -0.329. The third kappa shape index (κ3) is 4.92. The van der Waals surface area contributed by atoms with E-state index < -0.39 is 0 Å². The van der Waals surface area contributed by atoms with Gasteiger partial charge in [-0.05, 0) is 77.7 Å². The quantitative estimate of drug-likeness (QED) is 0.371. The Bertz CT molecular complexity index is 1250. The normalized spacial score (nSPS) is 17.4. The van der Waals surface area contributed by atoms with E-state index >= 15 is 0 Å². The first kappa shape index (κ1) is 22.4. The van der Waals surface area contributed by atoms with Crippen LogP contribution >= 0.6 is 59.6 Å². The van der Waals surface area contributed by atoms with Gasteiger partial charge in [0.1, 0.15) is 4.32 Å². The first-order valence-electron chi connectivity index (χ1n) is 9.90. The van der Waals surface area contributed by atoms with Gasteiger partial charge in [-0.1, -0.05) is 72.3 Å². The van der Waals surface area contributed by atoms with E-state index in [0.717, 1.165) is 26.5 Å². The number of anilines is 2. The Kier molecular flexibility index (Phi) is 6.66. The molecular weight excluding hydrogens is 510 g/mol. The molecule has 0 saturated heterocycles. The zero-order valence-corrected chi connectivity index (χ0v) is 21.0. The number of benzene rings is 3. The molecule has 0 aliphatic carbocycles. The highest BCUT2D eigenvalue weighted by Crippen LogP contribution is 2.39. The van der Waals surface area contributed by atoms with Gasteiger partial charge >= 0.3 is 0 Å². The average molecular weight is 526 g/mol. The van der Waals surface area contributed by atoms with Crippen LogP contribution < -0.4 is 10.2 Å². The van der Waals surface area contributed by atoms with E-state index in [-0.39, 0.29) is 6.17 Å². The van der Waals surface area contributed by atoms with Crippen molar-refractivity contribution in [1.29, 1.82) is 0 Å². The van der Waals surface area contributed by atoms with Crippen LogP contribution in [0.25, 0.3) is 0 Å². The fraction of sp³-hybridized carbons (Fsp3) is 0.0435. The Morgan fingerprint density at radius 1 is 0.970 bits per heavy atom. The third-order valence-electron chi connectivity index (χ3n) is 4.81. The smallest absolute Gasteiger partial charge is 0.205 e. The summed E-state index contributed by atoms with van der Waals surface area (Å²) in [5, 5.41) is 11.6. The number of hydrazone groups is 1. The summed E-state index contributed by atoms with van der Waals surface area (Å²) in [5.74, 6) is 0. The molecule has 1 N–H and O–H groups in total. The Balaban J connectivity index is 1.43. The topological polar surface area (TPSA) is 43.2 Å². The second-order valence-electron chi connectivity index (χ2n) is 6.99. The van der Waals surface area contributed by atoms with Gasteiger partial charge in [-0.2, -0.15) is 5.01 Å². The van der Waals surface area contributed by atoms with Gasteiger partial charge in [0.25, 0.3) is 0 Å². The minimum Gasteiger partial charge on any atom is -0.341 e.